The molecular formula is C14H21F3N2. The second kappa shape index (κ2) is 7.50. The summed E-state index contributed by atoms with van der Waals surface area (Å²) in [4.78, 5) is 1.41. The lowest BCUT2D eigenvalue weighted by Gasteiger charge is -2.23. The van der Waals surface area contributed by atoms with Crippen molar-refractivity contribution in [2.45, 2.75) is 26.1 Å². The first-order valence-corrected chi connectivity index (χ1v) is 6.46. The fourth-order valence-corrected chi connectivity index (χ4v) is 1.88. The third kappa shape index (κ3) is 6.59. The first-order chi connectivity index (χ1) is 8.94. The Morgan fingerprint density at radius 3 is 2.16 bits per heavy atom. The van der Waals surface area contributed by atoms with E-state index in [0.29, 0.717) is 19.6 Å². The smallest absolute Gasteiger partial charge is 0.318 e. The van der Waals surface area contributed by atoms with Crippen LogP contribution in [0.2, 0.25) is 0 Å². The number of rotatable bonds is 7. The monoisotopic (exact) mass is 274 g/mol. The molecule has 5 heteroatoms. The number of aryl methyl sites for hydroxylation is 1. The van der Waals surface area contributed by atoms with Gasteiger partial charge >= 0.3 is 6.18 Å². The molecule has 0 heterocycles. The predicted octanol–water partition coefficient (Wildman–Crippen LogP) is 2.83. The molecule has 0 saturated carbocycles. The van der Waals surface area contributed by atoms with E-state index < -0.39 is 12.7 Å². The molecule has 0 amide bonds. The summed E-state index contributed by atoms with van der Waals surface area (Å²) in [7, 11) is 1.74. The zero-order chi connectivity index (χ0) is 14.3. The molecular weight excluding hydrogens is 253 g/mol. The Labute approximate surface area is 112 Å². The van der Waals surface area contributed by atoms with Crippen molar-refractivity contribution in [3.63, 3.8) is 0 Å². The van der Waals surface area contributed by atoms with E-state index in [1.807, 2.05) is 24.3 Å². The molecule has 0 aromatic heterocycles. The predicted molar refractivity (Wildman–Crippen MR) is 71.1 cm³/mol. The largest absolute Gasteiger partial charge is 0.401 e. The number of nitrogens with zero attached hydrogens (tertiary/aromatic N) is 1. The maximum absolute atomic E-state index is 12.5. The average Bonchev–Trinajstić information content (AvgIpc) is 2.35. The van der Waals surface area contributed by atoms with Gasteiger partial charge in [-0.3, -0.25) is 4.90 Å². The van der Waals surface area contributed by atoms with Crippen molar-refractivity contribution in [1.82, 2.24) is 10.2 Å². The minimum atomic E-state index is -4.16. The van der Waals surface area contributed by atoms with Crippen molar-refractivity contribution in [3.8, 4) is 0 Å². The Morgan fingerprint density at radius 1 is 1.11 bits per heavy atom. The van der Waals surface area contributed by atoms with Gasteiger partial charge in [0.2, 0.25) is 0 Å². The van der Waals surface area contributed by atoms with Gasteiger partial charge in [0.1, 0.15) is 0 Å². The van der Waals surface area contributed by atoms with Gasteiger partial charge in [-0.1, -0.05) is 31.2 Å². The minimum Gasteiger partial charge on any atom is -0.318 e. The maximum atomic E-state index is 12.5. The molecule has 0 bridgehead atoms. The number of halogens is 3. The van der Waals surface area contributed by atoms with Crippen LogP contribution in [0.4, 0.5) is 13.2 Å². The van der Waals surface area contributed by atoms with Crippen molar-refractivity contribution >= 4 is 0 Å². The molecule has 0 aliphatic carbocycles. The molecule has 0 fully saturated rings. The van der Waals surface area contributed by atoms with Gasteiger partial charge in [-0.05, 0) is 24.6 Å². The Morgan fingerprint density at radius 2 is 1.68 bits per heavy atom. The van der Waals surface area contributed by atoms with Crippen LogP contribution in [0.1, 0.15) is 18.1 Å². The van der Waals surface area contributed by atoms with Crippen LogP contribution in [-0.2, 0) is 13.0 Å². The molecule has 108 valence electrons. The van der Waals surface area contributed by atoms with Crippen molar-refractivity contribution in [3.05, 3.63) is 35.4 Å². The Bertz CT molecular complexity index is 360. The third-order valence-corrected chi connectivity index (χ3v) is 2.92. The van der Waals surface area contributed by atoms with Crippen molar-refractivity contribution in [1.29, 1.82) is 0 Å². The SMILES string of the molecule is CCc1ccc(CN(CCNC)CC(F)(F)F)cc1. The fraction of sp³-hybridized carbons (Fsp3) is 0.571. The molecule has 2 nitrogen and oxygen atoms in total. The van der Waals surface area contributed by atoms with Crippen molar-refractivity contribution in [2.75, 3.05) is 26.7 Å². The van der Waals surface area contributed by atoms with Gasteiger partial charge in [0, 0.05) is 19.6 Å². The highest BCUT2D eigenvalue weighted by molar-refractivity contribution is 5.22. The first-order valence-electron chi connectivity index (χ1n) is 6.46. The molecule has 1 aromatic carbocycles. The standard InChI is InChI=1S/C14H21F3N2/c1-3-12-4-6-13(7-5-12)10-19(9-8-18-2)11-14(15,16)17/h4-7,18H,3,8-11H2,1-2H3. The molecule has 1 rings (SSSR count). The molecule has 1 N–H and O–H groups in total. The zero-order valence-electron chi connectivity index (χ0n) is 11.4. The van der Waals surface area contributed by atoms with Crippen LogP contribution in [0.3, 0.4) is 0 Å². The van der Waals surface area contributed by atoms with Crippen molar-refractivity contribution < 1.29 is 13.2 Å². The van der Waals surface area contributed by atoms with Crippen LogP contribution in [0.15, 0.2) is 24.3 Å². The molecule has 0 saturated heterocycles. The van der Waals surface area contributed by atoms with Gasteiger partial charge in [0.25, 0.3) is 0 Å². The fourth-order valence-electron chi connectivity index (χ4n) is 1.88. The third-order valence-electron chi connectivity index (χ3n) is 2.92. The molecule has 0 radical (unpaired) electrons. The normalized spacial score (nSPS) is 12.1. The van der Waals surface area contributed by atoms with E-state index in [2.05, 4.69) is 12.2 Å². The molecule has 0 spiro atoms. The van der Waals surface area contributed by atoms with E-state index in [4.69, 9.17) is 0 Å². The lowest BCUT2D eigenvalue weighted by molar-refractivity contribution is -0.146. The summed E-state index contributed by atoms with van der Waals surface area (Å²) in [5, 5.41) is 2.88. The summed E-state index contributed by atoms with van der Waals surface area (Å²) in [6, 6.07) is 7.75. The summed E-state index contributed by atoms with van der Waals surface area (Å²) in [6.45, 7) is 2.43. The Kier molecular flexibility index (Phi) is 6.31. The molecule has 0 aliphatic rings. The number of alkyl halides is 3. The number of hydrogen-bond donors (Lipinski definition) is 1. The number of benzene rings is 1. The van der Waals surface area contributed by atoms with E-state index in [1.54, 1.807) is 7.05 Å². The van der Waals surface area contributed by atoms with Gasteiger partial charge in [0.05, 0.1) is 6.54 Å². The molecule has 1 aromatic rings. The Hall–Kier alpha value is -1.07. The molecule has 0 aliphatic heterocycles. The zero-order valence-corrected chi connectivity index (χ0v) is 11.4. The molecule has 0 atom stereocenters. The van der Waals surface area contributed by atoms with Gasteiger partial charge in [-0.25, -0.2) is 0 Å². The van der Waals surface area contributed by atoms with Crippen LogP contribution in [0, 0.1) is 0 Å². The van der Waals surface area contributed by atoms with Gasteiger partial charge in [-0.2, -0.15) is 13.2 Å². The summed E-state index contributed by atoms with van der Waals surface area (Å²) in [5.74, 6) is 0. The second-order valence-electron chi connectivity index (χ2n) is 4.60. The van der Waals surface area contributed by atoms with E-state index in [1.165, 1.54) is 10.5 Å². The topological polar surface area (TPSA) is 15.3 Å². The lowest BCUT2D eigenvalue weighted by Crippen LogP contribution is -2.37. The molecule has 19 heavy (non-hydrogen) atoms. The van der Waals surface area contributed by atoms with E-state index in [9.17, 15) is 13.2 Å². The van der Waals surface area contributed by atoms with Gasteiger partial charge in [0.15, 0.2) is 0 Å². The number of hydrogen-bond acceptors (Lipinski definition) is 2. The number of likely N-dealkylation sites (N-methyl/N-ethyl adjacent to an activating group) is 1. The quantitative estimate of drug-likeness (QED) is 0.822. The lowest BCUT2D eigenvalue weighted by atomic mass is 10.1. The minimum absolute atomic E-state index is 0.325. The highest BCUT2D eigenvalue weighted by atomic mass is 19.4. The van der Waals surface area contributed by atoms with Crippen molar-refractivity contribution in [2.24, 2.45) is 0 Å². The summed E-state index contributed by atoms with van der Waals surface area (Å²) >= 11 is 0. The number of nitrogens with one attached hydrogen (secondary N) is 1. The van der Waals surface area contributed by atoms with E-state index in [-0.39, 0.29) is 0 Å². The van der Waals surface area contributed by atoms with Gasteiger partial charge in [-0.15, -0.1) is 0 Å². The first kappa shape index (κ1) is 16.0. The Balaban J connectivity index is 2.63. The maximum Gasteiger partial charge on any atom is 0.401 e. The highest BCUT2D eigenvalue weighted by Gasteiger charge is 2.30. The summed E-state index contributed by atoms with van der Waals surface area (Å²) in [5.41, 5.74) is 2.11. The van der Waals surface area contributed by atoms with Crippen LogP contribution in [0.5, 0.6) is 0 Å². The van der Waals surface area contributed by atoms with E-state index >= 15 is 0 Å². The van der Waals surface area contributed by atoms with Crippen LogP contribution in [0.25, 0.3) is 0 Å². The van der Waals surface area contributed by atoms with Gasteiger partial charge < -0.3 is 5.32 Å². The van der Waals surface area contributed by atoms with Crippen LogP contribution < -0.4 is 5.32 Å². The second-order valence-corrected chi connectivity index (χ2v) is 4.60. The van der Waals surface area contributed by atoms with Crippen LogP contribution >= 0.6 is 0 Å². The van der Waals surface area contributed by atoms with E-state index in [0.717, 1.165) is 12.0 Å². The highest BCUT2D eigenvalue weighted by Crippen LogP contribution is 2.18. The average molecular weight is 274 g/mol. The molecule has 0 unspecified atom stereocenters. The summed E-state index contributed by atoms with van der Waals surface area (Å²) < 4.78 is 37.5. The summed E-state index contributed by atoms with van der Waals surface area (Å²) in [6.07, 6.45) is -3.22. The van der Waals surface area contributed by atoms with Crippen LogP contribution in [-0.4, -0.2) is 37.8 Å².